The third-order valence-electron chi connectivity index (χ3n) is 3.38. The molecular formula is C17H19F3N2O4. The van der Waals surface area contributed by atoms with Gasteiger partial charge in [-0.25, -0.2) is 14.6 Å². The highest BCUT2D eigenvalue weighted by molar-refractivity contribution is 5.81. The van der Waals surface area contributed by atoms with Crippen LogP contribution in [0.3, 0.4) is 0 Å². The van der Waals surface area contributed by atoms with Crippen molar-refractivity contribution in [1.82, 2.24) is 10.3 Å². The quantitative estimate of drug-likeness (QED) is 0.874. The first-order valence-electron chi connectivity index (χ1n) is 7.93. The summed E-state index contributed by atoms with van der Waals surface area (Å²) in [6.45, 7) is 6.65. The van der Waals surface area contributed by atoms with Gasteiger partial charge in [0.15, 0.2) is 0 Å². The summed E-state index contributed by atoms with van der Waals surface area (Å²) >= 11 is 0. The molecule has 1 N–H and O–H groups in total. The first-order chi connectivity index (χ1) is 11.9. The maximum absolute atomic E-state index is 13.2. The Labute approximate surface area is 147 Å². The molecule has 0 bridgehead atoms. The number of halogens is 3. The molecule has 6 nitrogen and oxygen atoms in total. The molecule has 0 radical (unpaired) electrons. The third-order valence-corrected chi connectivity index (χ3v) is 3.38. The molecule has 1 atom stereocenters. The minimum absolute atomic E-state index is 0.231. The molecule has 0 fully saturated rings. The molecule has 0 aliphatic heterocycles. The summed E-state index contributed by atoms with van der Waals surface area (Å²) in [5, 5.41) is 2.17. The lowest BCUT2D eigenvalue weighted by Crippen LogP contribution is -2.35. The molecule has 0 saturated carbocycles. The van der Waals surface area contributed by atoms with E-state index in [1.165, 1.54) is 6.07 Å². The normalized spacial score (nSPS) is 13.5. The molecule has 0 spiro atoms. The van der Waals surface area contributed by atoms with Crippen molar-refractivity contribution in [3.63, 3.8) is 0 Å². The Morgan fingerprint density at radius 3 is 2.50 bits per heavy atom. The largest absolute Gasteiger partial charge is 0.444 e. The average Bonchev–Trinajstić information content (AvgIpc) is 2.49. The first kappa shape index (κ1) is 19.7. The van der Waals surface area contributed by atoms with Crippen LogP contribution in [0.2, 0.25) is 0 Å². The van der Waals surface area contributed by atoms with Crippen molar-refractivity contribution in [2.75, 3.05) is 0 Å². The van der Waals surface area contributed by atoms with Gasteiger partial charge >= 0.3 is 17.9 Å². The minimum Gasteiger partial charge on any atom is -0.444 e. The van der Waals surface area contributed by atoms with Gasteiger partial charge in [-0.3, -0.25) is 0 Å². The first-order valence-corrected chi connectivity index (χ1v) is 7.93. The number of amides is 1. The Hall–Kier alpha value is -2.58. The molecule has 142 valence electrons. The van der Waals surface area contributed by atoms with Crippen molar-refractivity contribution in [2.24, 2.45) is 0 Å². The lowest BCUT2D eigenvalue weighted by molar-refractivity contribution is -0.136. The van der Waals surface area contributed by atoms with E-state index in [2.05, 4.69) is 10.3 Å². The standard InChI is InChI=1S/C17H19F3N2O4/c1-5-11(21-15(24)26-16(2,3)4)13-22-12-9(14(23)25-13)7-6-8-10(12)17(18,19)20/h6-8,11H,5H2,1-4H3,(H,21,24)/t11-/m0/s1. The minimum atomic E-state index is -4.68. The molecule has 2 aromatic rings. The number of ether oxygens (including phenoxy) is 1. The molecule has 1 aromatic carbocycles. The summed E-state index contributed by atoms with van der Waals surface area (Å²) in [7, 11) is 0. The molecule has 1 heterocycles. The van der Waals surface area contributed by atoms with Gasteiger partial charge in [0.1, 0.15) is 11.6 Å². The Kier molecular flexibility index (Phi) is 5.29. The second kappa shape index (κ2) is 6.97. The molecule has 2 rings (SSSR count). The van der Waals surface area contributed by atoms with Crippen molar-refractivity contribution in [3.8, 4) is 0 Å². The highest BCUT2D eigenvalue weighted by Gasteiger charge is 2.34. The van der Waals surface area contributed by atoms with Crippen LogP contribution in [0.4, 0.5) is 18.0 Å². The van der Waals surface area contributed by atoms with Crippen LogP contribution in [0.15, 0.2) is 27.4 Å². The summed E-state index contributed by atoms with van der Waals surface area (Å²) in [4.78, 5) is 27.9. The van der Waals surface area contributed by atoms with E-state index in [1.54, 1.807) is 27.7 Å². The molecule has 0 aliphatic carbocycles. The van der Waals surface area contributed by atoms with Crippen molar-refractivity contribution in [3.05, 3.63) is 40.1 Å². The summed E-state index contributed by atoms with van der Waals surface area (Å²) in [5.74, 6) is -0.312. The number of nitrogens with one attached hydrogen (secondary N) is 1. The van der Waals surface area contributed by atoms with Crippen LogP contribution in [-0.2, 0) is 10.9 Å². The number of nitrogens with zero attached hydrogens (tertiary/aromatic N) is 1. The molecule has 1 aromatic heterocycles. The highest BCUT2D eigenvalue weighted by atomic mass is 19.4. The second-order valence-electron chi connectivity index (χ2n) is 6.65. The average molecular weight is 372 g/mol. The fourth-order valence-corrected chi connectivity index (χ4v) is 2.28. The fourth-order valence-electron chi connectivity index (χ4n) is 2.28. The van der Waals surface area contributed by atoms with E-state index in [-0.39, 0.29) is 17.7 Å². The van der Waals surface area contributed by atoms with Gasteiger partial charge in [-0.15, -0.1) is 0 Å². The molecule has 0 saturated heterocycles. The van der Waals surface area contributed by atoms with Gasteiger partial charge in [0.25, 0.3) is 0 Å². The van der Waals surface area contributed by atoms with Crippen molar-refractivity contribution < 1.29 is 27.1 Å². The van der Waals surface area contributed by atoms with Crippen molar-refractivity contribution in [2.45, 2.75) is 51.9 Å². The van der Waals surface area contributed by atoms with Gasteiger partial charge in [-0.2, -0.15) is 13.2 Å². The molecule has 0 aliphatic rings. The number of alkyl carbamates (subject to hydrolysis) is 1. The Balaban J connectivity index is 2.48. The monoisotopic (exact) mass is 372 g/mol. The second-order valence-corrected chi connectivity index (χ2v) is 6.65. The van der Waals surface area contributed by atoms with Crippen molar-refractivity contribution >= 4 is 17.0 Å². The molecule has 0 unspecified atom stereocenters. The smallest absolute Gasteiger partial charge is 0.418 e. The van der Waals surface area contributed by atoms with E-state index >= 15 is 0 Å². The summed E-state index contributed by atoms with van der Waals surface area (Å²) in [6.07, 6.45) is -5.25. The topological polar surface area (TPSA) is 81.4 Å². The maximum atomic E-state index is 13.2. The van der Waals surface area contributed by atoms with Crippen LogP contribution in [0.1, 0.15) is 51.6 Å². The van der Waals surface area contributed by atoms with Crippen LogP contribution in [0.25, 0.3) is 10.9 Å². The summed E-state index contributed by atoms with van der Waals surface area (Å²) in [5.41, 5.74) is -3.28. The van der Waals surface area contributed by atoms with Gasteiger partial charge in [-0.05, 0) is 39.3 Å². The van der Waals surface area contributed by atoms with Crippen LogP contribution in [-0.4, -0.2) is 16.7 Å². The number of para-hydroxylation sites is 1. The van der Waals surface area contributed by atoms with Gasteiger partial charge in [0, 0.05) is 0 Å². The predicted octanol–water partition coefficient (Wildman–Crippen LogP) is 4.18. The van der Waals surface area contributed by atoms with Gasteiger partial charge in [-0.1, -0.05) is 13.0 Å². The van der Waals surface area contributed by atoms with E-state index < -0.39 is 40.6 Å². The van der Waals surface area contributed by atoms with E-state index in [4.69, 9.17) is 9.15 Å². The number of carbonyl (C=O) groups is 1. The SMILES string of the molecule is CC[C@H](NC(=O)OC(C)(C)C)c1nc2c(C(F)(F)F)cccc2c(=O)o1. The van der Waals surface area contributed by atoms with Gasteiger partial charge in [0.2, 0.25) is 5.89 Å². The predicted molar refractivity (Wildman–Crippen MR) is 87.7 cm³/mol. The molecular weight excluding hydrogens is 353 g/mol. The van der Waals surface area contributed by atoms with Gasteiger partial charge < -0.3 is 14.5 Å². The Bertz CT molecular complexity index is 869. The maximum Gasteiger partial charge on any atom is 0.418 e. The third kappa shape index (κ3) is 4.53. The Morgan fingerprint density at radius 1 is 1.31 bits per heavy atom. The fraction of sp³-hybridized carbons (Fsp3) is 0.471. The summed E-state index contributed by atoms with van der Waals surface area (Å²) in [6, 6.07) is 2.24. The molecule has 1 amide bonds. The van der Waals surface area contributed by atoms with E-state index in [9.17, 15) is 22.8 Å². The zero-order chi connectivity index (χ0) is 19.7. The van der Waals surface area contributed by atoms with Crippen LogP contribution in [0, 0.1) is 0 Å². The van der Waals surface area contributed by atoms with Crippen LogP contribution < -0.4 is 10.9 Å². The molecule has 26 heavy (non-hydrogen) atoms. The molecule has 9 heteroatoms. The van der Waals surface area contributed by atoms with E-state index in [0.717, 1.165) is 12.1 Å². The summed E-state index contributed by atoms with van der Waals surface area (Å²) < 4.78 is 49.7. The lowest BCUT2D eigenvalue weighted by atomic mass is 10.1. The van der Waals surface area contributed by atoms with E-state index in [1.807, 2.05) is 0 Å². The highest BCUT2D eigenvalue weighted by Crippen LogP contribution is 2.33. The lowest BCUT2D eigenvalue weighted by Gasteiger charge is -2.22. The van der Waals surface area contributed by atoms with Crippen LogP contribution >= 0.6 is 0 Å². The zero-order valence-electron chi connectivity index (χ0n) is 14.7. The number of aromatic nitrogens is 1. The number of hydrogen-bond donors (Lipinski definition) is 1. The number of alkyl halides is 3. The van der Waals surface area contributed by atoms with Crippen LogP contribution in [0.5, 0.6) is 0 Å². The van der Waals surface area contributed by atoms with Crippen molar-refractivity contribution in [1.29, 1.82) is 0 Å². The number of fused-ring (bicyclic) bond motifs is 1. The number of carbonyl (C=O) groups excluding carboxylic acids is 1. The zero-order valence-corrected chi connectivity index (χ0v) is 14.7. The number of hydrogen-bond acceptors (Lipinski definition) is 5. The number of rotatable bonds is 3. The van der Waals surface area contributed by atoms with E-state index in [0.29, 0.717) is 0 Å². The number of benzene rings is 1. The van der Waals surface area contributed by atoms with Gasteiger partial charge in [0.05, 0.1) is 16.5 Å². The Morgan fingerprint density at radius 2 is 1.96 bits per heavy atom.